The molecule has 114 valence electrons. The first-order valence-electron chi connectivity index (χ1n) is 6.51. The highest BCUT2D eigenvalue weighted by atomic mass is 35.5. The maximum atomic E-state index is 12.5. The molecule has 0 aliphatic carbocycles. The van der Waals surface area contributed by atoms with Crippen LogP contribution in [0.5, 0.6) is 0 Å². The molecule has 0 aromatic heterocycles. The van der Waals surface area contributed by atoms with E-state index in [0.717, 1.165) is 5.56 Å². The Balaban J connectivity index is 2.59. The summed E-state index contributed by atoms with van der Waals surface area (Å²) in [7, 11) is 0. The lowest BCUT2D eigenvalue weighted by atomic mass is 10.0. The van der Waals surface area contributed by atoms with Crippen molar-refractivity contribution in [1.82, 2.24) is 4.90 Å². The standard InChI is InChI=1S/C14H20ClF3N2/c1-10(2)20(9-14(16,17)18)7-6-13(19)11-4-3-5-12(15)8-11/h3-5,8,10,13H,6-7,9,19H2,1-2H3. The van der Waals surface area contributed by atoms with Crippen molar-refractivity contribution in [2.24, 2.45) is 5.73 Å². The van der Waals surface area contributed by atoms with Crippen LogP contribution in [0.25, 0.3) is 0 Å². The fraction of sp³-hybridized carbons (Fsp3) is 0.571. The molecule has 2 nitrogen and oxygen atoms in total. The number of nitrogens with zero attached hydrogens (tertiary/aromatic N) is 1. The molecule has 0 radical (unpaired) electrons. The van der Waals surface area contributed by atoms with Crippen molar-refractivity contribution in [3.8, 4) is 0 Å². The van der Waals surface area contributed by atoms with E-state index in [1.54, 1.807) is 32.0 Å². The minimum Gasteiger partial charge on any atom is -0.324 e. The van der Waals surface area contributed by atoms with Crippen molar-refractivity contribution in [2.45, 2.75) is 38.5 Å². The molecule has 1 rings (SSSR count). The van der Waals surface area contributed by atoms with E-state index in [1.165, 1.54) is 4.90 Å². The van der Waals surface area contributed by atoms with Gasteiger partial charge in [0.25, 0.3) is 0 Å². The number of rotatable bonds is 6. The summed E-state index contributed by atoms with van der Waals surface area (Å²) < 4.78 is 37.4. The first kappa shape index (κ1) is 17.3. The third kappa shape index (κ3) is 6.11. The fourth-order valence-corrected chi connectivity index (χ4v) is 2.16. The molecule has 0 heterocycles. The Labute approximate surface area is 122 Å². The van der Waals surface area contributed by atoms with Crippen molar-refractivity contribution < 1.29 is 13.2 Å². The summed E-state index contributed by atoms with van der Waals surface area (Å²) in [5.74, 6) is 0. The van der Waals surface area contributed by atoms with Crippen LogP contribution in [0.1, 0.15) is 31.9 Å². The molecule has 0 aliphatic rings. The summed E-state index contributed by atoms with van der Waals surface area (Å²) in [5, 5.41) is 0.578. The SMILES string of the molecule is CC(C)N(CCC(N)c1cccc(Cl)c1)CC(F)(F)F. The monoisotopic (exact) mass is 308 g/mol. The van der Waals surface area contributed by atoms with Gasteiger partial charge in [-0.1, -0.05) is 23.7 Å². The van der Waals surface area contributed by atoms with Gasteiger partial charge in [-0.3, -0.25) is 4.90 Å². The summed E-state index contributed by atoms with van der Waals surface area (Å²) in [6.07, 6.45) is -3.74. The lowest BCUT2D eigenvalue weighted by Crippen LogP contribution is -2.40. The minimum atomic E-state index is -4.19. The Kier molecular flexibility index (Phi) is 6.30. The van der Waals surface area contributed by atoms with Gasteiger partial charge in [0.2, 0.25) is 0 Å². The maximum absolute atomic E-state index is 12.5. The van der Waals surface area contributed by atoms with Crippen LogP contribution in [0, 0.1) is 0 Å². The van der Waals surface area contributed by atoms with Gasteiger partial charge in [0, 0.05) is 23.7 Å². The van der Waals surface area contributed by atoms with E-state index >= 15 is 0 Å². The molecule has 0 amide bonds. The molecule has 1 unspecified atom stereocenters. The second kappa shape index (κ2) is 7.29. The first-order chi connectivity index (χ1) is 9.19. The van der Waals surface area contributed by atoms with Crippen LogP contribution in [0.15, 0.2) is 24.3 Å². The fourth-order valence-electron chi connectivity index (χ4n) is 1.96. The second-order valence-electron chi connectivity index (χ2n) is 5.13. The average molecular weight is 309 g/mol. The topological polar surface area (TPSA) is 29.3 Å². The number of benzene rings is 1. The van der Waals surface area contributed by atoms with E-state index in [0.29, 0.717) is 18.0 Å². The number of halogens is 4. The van der Waals surface area contributed by atoms with Gasteiger partial charge >= 0.3 is 6.18 Å². The number of hydrogen-bond acceptors (Lipinski definition) is 2. The van der Waals surface area contributed by atoms with Gasteiger partial charge in [-0.05, 0) is 38.0 Å². The van der Waals surface area contributed by atoms with Gasteiger partial charge < -0.3 is 5.73 Å². The highest BCUT2D eigenvalue weighted by Gasteiger charge is 2.31. The van der Waals surface area contributed by atoms with Crippen LogP contribution < -0.4 is 5.73 Å². The van der Waals surface area contributed by atoms with Gasteiger partial charge in [-0.2, -0.15) is 13.2 Å². The maximum Gasteiger partial charge on any atom is 0.401 e. The predicted octanol–water partition coefficient (Wildman–Crippen LogP) is 4.00. The molecule has 0 aliphatic heterocycles. The highest BCUT2D eigenvalue weighted by Crippen LogP contribution is 2.21. The van der Waals surface area contributed by atoms with Crippen LogP contribution in [0.4, 0.5) is 13.2 Å². The quantitative estimate of drug-likeness (QED) is 0.860. The van der Waals surface area contributed by atoms with Crippen LogP contribution in [-0.2, 0) is 0 Å². The molecule has 0 saturated heterocycles. The molecule has 20 heavy (non-hydrogen) atoms. The largest absolute Gasteiger partial charge is 0.401 e. The molecule has 2 N–H and O–H groups in total. The molecule has 0 bridgehead atoms. The Hall–Kier alpha value is -0.780. The molecule has 0 spiro atoms. The van der Waals surface area contributed by atoms with E-state index < -0.39 is 12.7 Å². The van der Waals surface area contributed by atoms with Gasteiger partial charge in [-0.15, -0.1) is 0 Å². The van der Waals surface area contributed by atoms with Crippen LogP contribution in [0.3, 0.4) is 0 Å². The van der Waals surface area contributed by atoms with E-state index in [1.807, 2.05) is 6.07 Å². The van der Waals surface area contributed by atoms with Crippen LogP contribution >= 0.6 is 11.6 Å². The summed E-state index contributed by atoms with van der Waals surface area (Å²) in [4.78, 5) is 1.38. The van der Waals surface area contributed by atoms with Crippen molar-refractivity contribution in [1.29, 1.82) is 0 Å². The lowest BCUT2D eigenvalue weighted by molar-refractivity contribution is -0.149. The molecule has 6 heteroatoms. The average Bonchev–Trinajstić information content (AvgIpc) is 2.32. The van der Waals surface area contributed by atoms with E-state index in [-0.39, 0.29) is 12.1 Å². The van der Waals surface area contributed by atoms with Crippen molar-refractivity contribution >= 4 is 11.6 Å². The molecule has 0 saturated carbocycles. The first-order valence-corrected chi connectivity index (χ1v) is 6.88. The number of alkyl halides is 3. The summed E-state index contributed by atoms with van der Waals surface area (Å²) in [6.45, 7) is 2.88. The molecule has 0 fully saturated rings. The molecule has 1 atom stereocenters. The smallest absolute Gasteiger partial charge is 0.324 e. The van der Waals surface area contributed by atoms with E-state index in [4.69, 9.17) is 17.3 Å². The number of hydrogen-bond donors (Lipinski definition) is 1. The van der Waals surface area contributed by atoms with Crippen molar-refractivity contribution in [3.05, 3.63) is 34.9 Å². The highest BCUT2D eigenvalue weighted by molar-refractivity contribution is 6.30. The Bertz CT molecular complexity index is 421. The zero-order valence-electron chi connectivity index (χ0n) is 11.6. The third-order valence-corrected chi connectivity index (χ3v) is 3.35. The Morgan fingerprint density at radius 1 is 1.30 bits per heavy atom. The van der Waals surface area contributed by atoms with Crippen molar-refractivity contribution in [2.75, 3.05) is 13.1 Å². The van der Waals surface area contributed by atoms with Crippen molar-refractivity contribution in [3.63, 3.8) is 0 Å². The van der Waals surface area contributed by atoms with Gasteiger partial charge in [-0.25, -0.2) is 0 Å². The number of nitrogens with two attached hydrogens (primary N) is 1. The van der Waals surface area contributed by atoms with Crippen LogP contribution in [-0.4, -0.2) is 30.2 Å². The molecular weight excluding hydrogens is 289 g/mol. The Morgan fingerprint density at radius 3 is 2.45 bits per heavy atom. The predicted molar refractivity (Wildman–Crippen MR) is 75.8 cm³/mol. The summed E-state index contributed by atoms with van der Waals surface area (Å²) >= 11 is 5.87. The second-order valence-corrected chi connectivity index (χ2v) is 5.57. The summed E-state index contributed by atoms with van der Waals surface area (Å²) in [6, 6.07) is 6.61. The zero-order chi connectivity index (χ0) is 15.3. The Morgan fingerprint density at radius 2 is 1.95 bits per heavy atom. The lowest BCUT2D eigenvalue weighted by Gasteiger charge is -2.28. The summed E-state index contributed by atoms with van der Waals surface area (Å²) in [5.41, 5.74) is 6.85. The van der Waals surface area contributed by atoms with E-state index in [2.05, 4.69) is 0 Å². The van der Waals surface area contributed by atoms with Gasteiger partial charge in [0.05, 0.1) is 6.54 Å². The minimum absolute atomic E-state index is 0.178. The van der Waals surface area contributed by atoms with Gasteiger partial charge in [0.15, 0.2) is 0 Å². The molecule has 1 aromatic rings. The molecular formula is C14H20ClF3N2. The molecule has 1 aromatic carbocycles. The van der Waals surface area contributed by atoms with Gasteiger partial charge in [0.1, 0.15) is 0 Å². The normalized spacial score (nSPS) is 14.1. The van der Waals surface area contributed by atoms with E-state index in [9.17, 15) is 13.2 Å². The third-order valence-electron chi connectivity index (χ3n) is 3.12. The zero-order valence-corrected chi connectivity index (χ0v) is 12.4. The van der Waals surface area contributed by atoms with Crippen LogP contribution in [0.2, 0.25) is 5.02 Å².